The Balaban J connectivity index is 1.91. The number of non-ortho nitro benzene ring substituents is 1. The van der Waals surface area contributed by atoms with Crippen LogP contribution < -0.4 is 10.6 Å². The van der Waals surface area contributed by atoms with E-state index in [0.29, 0.717) is 18.5 Å². The summed E-state index contributed by atoms with van der Waals surface area (Å²) in [6.45, 7) is 5.12. The molecule has 0 atom stereocenters. The van der Waals surface area contributed by atoms with Crippen LogP contribution in [0.1, 0.15) is 52.9 Å². The molecule has 0 radical (unpaired) electrons. The molecular formula is C20H27N3O6. The fourth-order valence-electron chi connectivity index (χ4n) is 3.42. The Labute approximate surface area is 169 Å². The molecule has 1 saturated carbocycles. The average molecular weight is 405 g/mol. The minimum absolute atomic E-state index is 0.0348. The molecule has 0 aliphatic heterocycles. The van der Waals surface area contributed by atoms with Gasteiger partial charge in [-0.15, -0.1) is 0 Å². The van der Waals surface area contributed by atoms with Crippen LogP contribution in [0.3, 0.4) is 0 Å². The zero-order chi connectivity index (χ0) is 21.7. The fourth-order valence-corrected chi connectivity index (χ4v) is 3.42. The van der Waals surface area contributed by atoms with Crippen molar-refractivity contribution in [1.29, 1.82) is 0 Å². The molecule has 9 heteroatoms. The van der Waals surface area contributed by atoms with Gasteiger partial charge in [-0.05, 0) is 45.7 Å². The summed E-state index contributed by atoms with van der Waals surface area (Å²) in [6, 6.07) is 5.33. The van der Waals surface area contributed by atoms with E-state index in [1.54, 1.807) is 0 Å². The first-order chi connectivity index (χ1) is 13.5. The number of benzene rings is 1. The number of nitro groups is 1. The number of nitro benzene ring substituents is 1. The second-order valence-corrected chi connectivity index (χ2v) is 8.39. The number of esters is 1. The van der Waals surface area contributed by atoms with Crippen LogP contribution in [0.2, 0.25) is 0 Å². The number of nitrogens with one attached hydrogen (secondary N) is 2. The number of ether oxygens (including phenoxy) is 1. The highest BCUT2D eigenvalue weighted by Crippen LogP contribution is 2.42. The zero-order valence-corrected chi connectivity index (χ0v) is 16.9. The number of nitrogens with zero attached hydrogens (tertiary/aromatic N) is 1. The third kappa shape index (κ3) is 6.55. The Hall–Kier alpha value is -2.97. The first-order valence-electron chi connectivity index (χ1n) is 9.53. The van der Waals surface area contributed by atoms with E-state index in [0.717, 1.165) is 12.8 Å². The SMILES string of the molecule is CC(C)(C)NC(=O)CC1(C(=O)OCC(=O)Nc2ccc([N+](=O)[O-])cc2)CCCC1. The van der Waals surface area contributed by atoms with Gasteiger partial charge in [0.25, 0.3) is 11.6 Å². The van der Waals surface area contributed by atoms with Gasteiger partial charge in [-0.2, -0.15) is 0 Å². The lowest BCUT2D eigenvalue weighted by Crippen LogP contribution is -2.44. The van der Waals surface area contributed by atoms with Crippen LogP contribution in [-0.2, 0) is 19.1 Å². The summed E-state index contributed by atoms with van der Waals surface area (Å²) < 4.78 is 5.22. The van der Waals surface area contributed by atoms with E-state index in [2.05, 4.69) is 10.6 Å². The van der Waals surface area contributed by atoms with Gasteiger partial charge in [-0.1, -0.05) is 12.8 Å². The van der Waals surface area contributed by atoms with Crippen LogP contribution in [0.25, 0.3) is 0 Å². The first-order valence-corrected chi connectivity index (χ1v) is 9.53. The van der Waals surface area contributed by atoms with Gasteiger partial charge in [0.2, 0.25) is 5.91 Å². The normalized spacial score (nSPS) is 15.4. The van der Waals surface area contributed by atoms with Gasteiger partial charge in [-0.3, -0.25) is 24.5 Å². The molecule has 2 N–H and O–H groups in total. The molecule has 0 heterocycles. The van der Waals surface area contributed by atoms with Crippen LogP contribution in [0.4, 0.5) is 11.4 Å². The molecule has 158 valence electrons. The van der Waals surface area contributed by atoms with Gasteiger partial charge >= 0.3 is 5.97 Å². The van der Waals surface area contributed by atoms with Gasteiger partial charge in [0.1, 0.15) is 0 Å². The molecule has 2 amide bonds. The van der Waals surface area contributed by atoms with Crippen LogP contribution in [0, 0.1) is 15.5 Å². The molecule has 1 fully saturated rings. The van der Waals surface area contributed by atoms with Crippen molar-refractivity contribution in [2.75, 3.05) is 11.9 Å². The van der Waals surface area contributed by atoms with E-state index in [1.165, 1.54) is 24.3 Å². The molecule has 0 spiro atoms. The van der Waals surface area contributed by atoms with E-state index in [1.807, 2.05) is 20.8 Å². The maximum atomic E-state index is 12.7. The van der Waals surface area contributed by atoms with E-state index in [9.17, 15) is 24.5 Å². The van der Waals surface area contributed by atoms with Crippen molar-refractivity contribution >= 4 is 29.2 Å². The van der Waals surface area contributed by atoms with E-state index in [-0.39, 0.29) is 18.0 Å². The van der Waals surface area contributed by atoms with Crippen molar-refractivity contribution in [3.05, 3.63) is 34.4 Å². The van der Waals surface area contributed by atoms with Gasteiger partial charge in [-0.25, -0.2) is 0 Å². The molecule has 0 unspecified atom stereocenters. The minimum atomic E-state index is -0.900. The van der Waals surface area contributed by atoms with Gasteiger partial charge in [0.15, 0.2) is 6.61 Å². The quantitative estimate of drug-likeness (QED) is 0.408. The topological polar surface area (TPSA) is 128 Å². The third-order valence-corrected chi connectivity index (χ3v) is 4.70. The van der Waals surface area contributed by atoms with Crippen molar-refractivity contribution in [1.82, 2.24) is 5.32 Å². The van der Waals surface area contributed by atoms with Gasteiger partial charge in [0.05, 0.1) is 10.3 Å². The number of hydrogen-bond acceptors (Lipinski definition) is 6. The highest BCUT2D eigenvalue weighted by molar-refractivity contribution is 5.94. The van der Waals surface area contributed by atoms with Crippen LogP contribution in [0.5, 0.6) is 0 Å². The summed E-state index contributed by atoms with van der Waals surface area (Å²) in [4.78, 5) is 47.2. The highest BCUT2D eigenvalue weighted by Gasteiger charge is 2.44. The second-order valence-electron chi connectivity index (χ2n) is 8.39. The van der Waals surface area contributed by atoms with Crippen LogP contribution in [-0.4, -0.2) is 34.9 Å². The summed E-state index contributed by atoms with van der Waals surface area (Å²) in [5.41, 5.74) is -1.03. The molecule has 1 aromatic rings. The molecule has 2 rings (SSSR count). The van der Waals surface area contributed by atoms with Crippen molar-refractivity contribution in [3.8, 4) is 0 Å². The van der Waals surface area contributed by atoms with E-state index in [4.69, 9.17) is 4.74 Å². The number of hydrogen-bond donors (Lipinski definition) is 2. The highest BCUT2D eigenvalue weighted by atomic mass is 16.6. The van der Waals surface area contributed by atoms with Crippen LogP contribution in [0.15, 0.2) is 24.3 Å². The Morgan fingerprint density at radius 3 is 2.21 bits per heavy atom. The Bertz CT molecular complexity index is 776. The lowest BCUT2D eigenvalue weighted by atomic mass is 9.82. The molecule has 0 saturated heterocycles. The standard InChI is InChI=1S/C20H27N3O6/c1-19(2,3)22-16(24)12-20(10-4-5-11-20)18(26)29-13-17(25)21-14-6-8-15(9-7-14)23(27)28/h6-9H,4-5,10-13H2,1-3H3,(H,21,25)(H,22,24). The van der Waals surface area contributed by atoms with E-state index >= 15 is 0 Å². The van der Waals surface area contributed by atoms with Crippen molar-refractivity contribution in [2.24, 2.45) is 5.41 Å². The summed E-state index contributed by atoms with van der Waals surface area (Å²) in [7, 11) is 0. The molecule has 1 aliphatic carbocycles. The maximum Gasteiger partial charge on any atom is 0.313 e. The maximum absolute atomic E-state index is 12.7. The predicted molar refractivity (Wildman–Crippen MR) is 106 cm³/mol. The third-order valence-electron chi connectivity index (χ3n) is 4.70. The van der Waals surface area contributed by atoms with Gasteiger partial charge < -0.3 is 15.4 Å². The van der Waals surface area contributed by atoms with Crippen molar-refractivity contribution < 1.29 is 24.0 Å². The fraction of sp³-hybridized carbons (Fsp3) is 0.550. The van der Waals surface area contributed by atoms with Crippen molar-refractivity contribution in [3.63, 3.8) is 0 Å². The summed E-state index contributed by atoms with van der Waals surface area (Å²) >= 11 is 0. The molecule has 1 aliphatic rings. The molecule has 1 aromatic carbocycles. The predicted octanol–water partition coefficient (Wildman–Crippen LogP) is 2.94. The summed E-state index contributed by atoms with van der Waals surface area (Å²) in [5.74, 6) is -1.32. The van der Waals surface area contributed by atoms with Gasteiger partial charge in [0, 0.05) is 29.8 Å². The molecule has 0 aromatic heterocycles. The smallest absolute Gasteiger partial charge is 0.313 e. The summed E-state index contributed by atoms with van der Waals surface area (Å²) in [6.07, 6.45) is 2.79. The Morgan fingerprint density at radius 2 is 1.69 bits per heavy atom. The summed E-state index contributed by atoms with van der Waals surface area (Å²) in [5, 5.41) is 16.0. The Kier molecular flexibility index (Phi) is 6.94. The number of carbonyl (C=O) groups is 3. The minimum Gasteiger partial charge on any atom is -0.455 e. The lowest BCUT2D eigenvalue weighted by Gasteiger charge is -2.28. The van der Waals surface area contributed by atoms with E-state index < -0.39 is 34.4 Å². The molecule has 0 bridgehead atoms. The number of anilines is 1. The number of amides is 2. The van der Waals surface area contributed by atoms with Crippen LogP contribution >= 0.6 is 0 Å². The molecule has 29 heavy (non-hydrogen) atoms. The molecular weight excluding hydrogens is 378 g/mol. The number of rotatable bonds is 7. The largest absolute Gasteiger partial charge is 0.455 e. The monoisotopic (exact) mass is 405 g/mol. The molecule has 9 nitrogen and oxygen atoms in total. The second kappa shape index (κ2) is 9.02. The first kappa shape index (κ1) is 22.3. The number of carbonyl (C=O) groups excluding carboxylic acids is 3. The Morgan fingerprint density at radius 1 is 1.10 bits per heavy atom. The lowest BCUT2D eigenvalue weighted by molar-refractivity contribution is -0.384. The van der Waals surface area contributed by atoms with Crippen molar-refractivity contribution in [2.45, 2.75) is 58.4 Å². The zero-order valence-electron chi connectivity index (χ0n) is 16.9. The average Bonchev–Trinajstić information content (AvgIpc) is 3.08.